The fourth-order valence-electron chi connectivity index (χ4n) is 2.85. The van der Waals surface area contributed by atoms with Crippen molar-refractivity contribution in [2.24, 2.45) is 5.92 Å². The van der Waals surface area contributed by atoms with Gasteiger partial charge >= 0.3 is 6.18 Å². The van der Waals surface area contributed by atoms with Crippen LogP contribution >= 0.6 is 0 Å². The molecule has 2 rings (SSSR count). The van der Waals surface area contributed by atoms with E-state index in [4.69, 9.17) is 0 Å². The molecule has 0 radical (unpaired) electrons. The molecule has 0 saturated heterocycles. The van der Waals surface area contributed by atoms with E-state index in [0.29, 0.717) is 18.7 Å². The molecule has 0 bridgehead atoms. The van der Waals surface area contributed by atoms with Gasteiger partial charge in [0.2, 0.25) is 5.91 Å². The maximum Gasteiger partial charge on any atom is 0.417 e. The van der Waals surface area contributed by atoms with Crippen LogP contribution in [0.15, 0.2) is 23.1 Å². The van der Waals surface area contributed by atoms with Gasteiger partial charge in [0.05, 0.1) is 5.56 Å². The van der Waals surface area contributed by atoms with Gasteiger partial charge in [-0.25, -0.2) is 0 Å². The molecule has 128 valence electrons. The number of nitrogens with zero attached hydrogens (tertiary/aromatic N) is 1. The predicted octanol–water partition coefficient (Wildman–Crippen LogP) is 1.53. The lowest BCUT2D eigenvalue weighted by Crippen LogP contribution is -2.45. The van der Waals surface area contributed by atoms with Gasteiger partial charge in [0.25, 0.3) is 5.56 Å². The first kappa shape index (κ1) is 17.5. The van der Waals surface area contributed by atoms with E-state index >= 15 is 0 Å². The summed E-state index contributed by atoms with van der Waals surface area (Å²) in [5, 5.41) is 12.0. The molecule has 1 fully saturated rings. The van der Waals surface area contributed by atoms with Crippen LogP contribution in [0.1, 0.15) is 31.2 Å². The van der Waals surface area contributed by atoms with Gasteiger partial charge in [-0.3, -0.25) is 9.59 Å². The first-order valence-corrected chi connectivity index (χ1v) is 7.49. The lowest BCUT2D eigenvalue weighted by atomic mass is 9.85. The van der Waals surface area contributed by atoms with Gasteiger partial charge in [-0.15, -0.1) is 0 Å². The van der Waals surface area contributed by atoms with Crippen LogP contribution in [0.5, 0.6) is 0 Å². The van der Waals surface area contributed by atoms with Crippen molar-refractivity contribution in [1.82, 2.24) is 9.88 Å². The second-order valence-corrected chi connectivity index (χ2v) is 5.78. The lowest BCUT2D eigenvalue weighted by Gasteiger charge is -2.30. The van der Waals surface area contributed by atoms with Crippen molar-refractivity contribution < 1.29 is 23.1 Å². The van der Waals surface area contributed by atoms with Crippen molar-refractivity contribution in [3.63, 3.8) is 0 Å². The van der Waals surface area contributed by atoms with Crippen molar-refractivity contribution in [2.75, 3.05) is 6.61 Å². The first-order chi connectivity index (χ1) is 10.8. The van der Waals surface area contributed by atoms with Crippen LogP contribution in [-0.2, 0) is 17.5 Å². The maximum absolute atomic E-state index is 12.7. The average molecular weight is 332 g/mol. The number of carbonyl (C=O) groups is 1. The minimum Gasteiger partial charge on any atom is -0.396 e. The number of pyridine rings is 1. The van der Waals surface area contributed by atoms with Crippen molar-refractivity contribution in [1.29, 1.82) is 0 Å². The molecular formula is C15H19F3N2O3. The predicted molar refractivity (Wildman–Crippen MR) is 76.7 cm³/mol. The van der Waals surface area contributed by atoms with Gasteiger partial charge in [0.15, 0.2) is 0 Å². The number of rotatable bonds is 4. The summed E-state index contributed by atoms with van der Waals surface area (Å²) in [7, 11) is 0. The number of aliphatic hydroxyl groups excluding tert-OH is 1. The number of amides is 1. The second-order valence-electron chi connectivity index (χ2n) is 5.78. The summed E-state index contributed by atoms with van der Waals surface area (Å²) in [5.41, 5.74) is -1.65. The summed E-state index contributed by atoms with van der Waals surface area (Å²) in [6.45, 7) is -0.522. The highest BCUT2D eigenvalue weighted by atomic mass is 19.4. The van der Waals surface area contributed by atoms with Crippen molar-refractivity contribution >= 4 is 5.91 Å². The molecule has 0 aromatic carbocycles. The number of aromatic nitrogens is 1. The van der Waals surface area contributed by atoms with Crippen LogP contribution < -0.4 is 10.9 Å². The third-order valence-electron chi connectivity index (χ3n) is 4.11. The maximum atomic E-state index is 12.7. The molecule has 1 aromatic heterocycles. The largest absolute Gasteiger partial charge is 0.417 e. The van der Waals surface area contributed by atoms with Crippen LogP contribution in [0.2, 0.25) is 0 Å². The molecule has 2 atom stereocenters. The van der Waals surface area contributed by atoms with Crippen molar-refractivity contribution in [2.45, 2.75) is 44.4 Å². The number of hydrogen-bond acceptors (Lipinski definition) is 3. The zero-order valence-corrected chi connectivity index (χ0v) is 12.5. The fraction of sp³-hybridized carbons (Fsp3) is 0.600. The lowest BCUT2D eigenvalue weighted by molar-refractivity contribution is -0.138. The minimum atomic E-state index is -4.57. The Bertz CT molecular complexity index is 613. The van der Waals surface area contributed by atoms with Gasteiger partial charge in [-0.2, -0.15) is 13.2 Å². The molecule has 1 heterocycles. The molecule has 8 heteroatoms. The summed E-state index contributed by atoms with van der Waals surface area (Å²) in [4.78, 5) is 23.6. The number of halogens is 3. The molecular weight excluding hydrogens is 313 g/mol. The fourth-order valence-corrected chi connectivity index (χ4v) is 2.85. The quantitative estimate of drug-likeness (QED) is 0.878. The number of aliphatic hydroxyl groups is 1. The van der Waals surface area contributed by atoms with E-state index in [-0.39, 0.29) is 18.6 Å². The van der Waals surface area contributed by atoms with E-state index in [9.17, 15) is 27.9 Å². The zero-order valence-electron chi connectivity index (χ0n) is 12.5. The second kappa shape index (κ2) is 7.16. The van der Waals surface area contributed by atoms with Crippen molar-refractivity contribution in [3.8, 4) is 0 Å². The Morgan fingerprint density at radius 3 is 2.65 bits per heavy atom. The number of hydrogen-bond donors (Lipinski definition) is 2. The van der Waals surface area contributed by atoms with Gasteiger partial charge in [0, 0.05) is 30.8 Å². The normalized spacial score (nSPS) is 21.9. The van der Waals surface area contributed by atoms with E-state index in [0.717, 1.165) is 29.9 Å². The van der Waals surface area contributed by atoms with Crippen LogP contribution in [0.25, 0.3) is 0 Å². The summed E-state index contributed by atoms with van der Waals surface area (Å²) < 4.78 is 38.7. The summed E-state index contributed by atoms with van der Waals surface area (Å²) in [6.07, 6.45) is -0.515. The van der Waals surface area contributed by atoms with Crippen LogP contribution in [0.3, 0.4) is 0 Å². The molecule has 0 spiro atoms. The highest BCUT2D eigenvalue weighted by Crippen LogP contribution is 2.28. The molecule has 1 saturated carbocycles. The molecule has 2 unspecified atom stereocenters. The van der Waals surface area contributed by atoms with Crippen LogP contribution in [-0.4, -0.2) is 28.2 Å². The Balaban J connectivity index is 2.06. The van der Waals surface area contributed by atoms with Gasteiger partial charge < -0.3 is 15.0 Å². The Morgan fingerprint density at radius 1 is 1.30 bits per heavy atom. The summed E-state index contributed by atoms with van der Waals surface area (Å²) >= 11 is 0. The molecule has 2 N–H and O–H groups in total. The zero-order chi connectivity index (χ0) is 17.0. The SMILES string of the molecule is O=C(Cn1cc(C(F)(F)F)ccc1=O)NC1CCCCC1CO. The monoisotopic (exact) mass is 332 g/mol. The minimum absolute atomic E-state index is 0.0472. The topological polar surface area (TPSA) is 71.3 Å². The molecule has 23 heavy (non-hydrogen) atoms. The van der Waals surface area contributed by atoms with Gasteiger partial charge in [-0.05, 0) is 18.9 Å². The Hall–Kier alpha value is -1.83. The Labute approximate surface area is 131 Å². The van der Waals surface area contributed by atoms with Crippen molar-refractivity contribution in [3.05, 3.63) is 34.2 Å². The highest BCUT2D eigenvalue weighted by molar-refractivity contribution is 5.76. The van der Waals surface area contributed by atoms with Gasteiger partial charge in [0.1, 0.15) is 6.54 Å². The molecule has 0 aliphatic heterocycles. The van der Waals surface area contributed by atoms with E-state index in [1.807, 2.05) is 0 Å². The third kappa shape index (κ3) is 4.57. The average Bonchev–Trinajstić information content (AvgIpc) is 2.49. The standard InChI is InChI=1S/C15H19F3N2O3/c16-15(17,18)11-5-6-14(23)20(7-11)8-13(22)19-12-4-2-1-3-10(12)9-21/h5-7,10,12,21H,1-4,8-9H2,(H,19,22). The smallest absolute Gasteiger partial charge is 0.396 e. The van der Waals surface area contributed by atoms with Gasteiger partial charge in [-0.1, -0.05) is 12.8 Å². The number of carbonyl (C=O) groups excluding carboxylic acids is 1. The molecule has 1 aliphatic rings. The third-order valence-corrected chi connectivity index (χ3v) is 4.11. The van der Waals surface area contributed by atoms with E-state index in [2.05, 4.69) is 5.32 Å². The molecule has 5 nitrogen and oxygen atoms in total. The summed E-state index contributed by atoms with van der Waals surface area (Å²) in [5.74, 6) is -0.581. The molecule has 1 amide bonds. The van der Waals surface area contributed by atoms with Crippen LogP contribution in [0.4, 0.5) is 13.2 Å². The van der Waals surface area contributed by atoms with Crippen LogP contribution in [0, 0.1) is 5.92 Å². The molecule has 1 aliphatic carbocycles. The first-order valence-electron chi connectivity index (χ1n) is 7.49. The summed E-state index contributed by atoms with van der Waals surface area (Å²) in [6, 6.07) is 1.29. The number of alkyl halides is 3. The number of nitrogens with one attached hydrogen (secondary N) is 1. The Kier molecular flexibility index (Phi) is 5.46. The molecule has 1 aromatic rings. The Morgan fingerprint density at radius 2 is 2.00 bits per heavy atom. The highest BCUT2D eigenvalue weighted by Gasteiger charge is 2.31. The van der Waals surface area contributed by atoms with E-state index < -0.39 is 29.8 Å². The van der Waals surface area contributed by atoms with E-state index in [1.54, 1.807) is 0 Å². The van der Waals surface area contributed by atoms with E-state index in [1.165, 1.54) is 0 Å².